The molecular weight excluding hydrogens is 930 g/mol. The molecule has 0 aromatic heterocycles. The summed E-state index contributed by atoms with van der Waals surface area (Å²) in [5, 5.41) is 0. The highest BCUT2D eigenvalue weighted by Crippen LogP contribution is 2.64. The molecule has 8 aromatic carbocycles. The second-order valence-corrected chi connectivity index (χ2v) is 28.1. The van der Waals surface area contributed by atoms with Crippen LogP contribution in [0.1, 0.15) is 144 Å². The van der Waals surface area contributed by atoms with Crippen molar-refractivity contribution in [3.05, 3.63) is 198 Å². The van der Waals surface area contributed by atoms with Gasteiger partial charge in [-0.1, -0.05) is 199 Å². The molecule has 3 atom stereocenters. The van der Waals surface area contributed by atoms with Crippen molar-refractivity contribution in [1.29, 1.82) is 0 Å². The van der Waals surface area contributed by atoms with Gasteiger partial charge in [-0.3, -0.25) is 0 Å². The molecule has 3 aliphatic heterocycles. The minimum absolute atomic E-state index is 0.0189. The smallest absolute Gasteiger partial charge is 0.252 e. The Morgan fingerprint density at radius 3 is 1.60 bits per heavy atom. The third-order valence-corrected chi connectivity index (χ3v) is 19.0. The summed E-state index contributed by atoms with van der Waals surface area (Å²) >= 11 is 0. The van der Waals surface area contributed by atoms with Gasteiger partial charge in [-0.15, -0.1) is 0 Å². The molecule has 4 aliphatic rings. The fourth-order valence-electron chi connectivity index (χ4n) is 14.1. The fraction of sp³-hybridized carbons (Fsp3) is 0.342. The van der Waals surface area contributed by atoms with Gasteiger partial charge in [0.05, 0.1) is 11.2 Å². The van der Waals surface area contributed by atoms with E-state index in [2.05, 4.69) is 288 Å². The van der Waals surface area contributed by atoms with Gasteiger partial charge in [-0.25, -0.2) is 0 Å². The Bertz CT molecular complexity index is 3600. The van der Waals surface area contributed by atoms with Crippen molar-refractivity contribution in [3.63, 3.8) is 0 Å². The van der Waals surface area contributed by atoms with Crippen LogP contribution in [0.3, 0.4) is 0 Å². The maximum atomic E-state index is 2.81. The van der Waals surface area contributed by atoms with Crippen LogP contribution >= 0.6 is 0 Å². The summed E-state index contributed by atoms with van der Waals surface area (Å²) in [7, 11) is 0. The zero-order chi connectivity index (χ0) is 54.4. The van der Waals surface area contributed by atoms with Crippen LogP contribution in [0.25, 0.3) is 22.3 Å². The molecule has 8 aromatic rings. The molecule has 3 unspecified atom stereocenters. The van der Waals surface area contributed by atoms with Crippen LogP contribution in [-0.2, 0) is 21.7 Å². The Balaban J connectivity index is 1.13. The van der Waals surface area contributed by atoms with E-state index >= 15 is 0 Å². The molecule has 0 amide bonds. The quantitative estimate of drug-likeness (QED) is 0.159. The van der Waals surface area contributed by atoms with Gasteiger partial charge in [0.25, 0.3) is 6.71 Å². The average Bonchev–Trinajstić information content (AvgIpc) is 3.92. The summed E-state index contributed by atoms with van der Waals surface area (Å²) in [6.45, 7) is 36.0. The summed E-state index contributed by atoms with van der Waals surface area (Å²) in [5.74, 6) is 0.629. The van der Waals surface area contributed by atoms with Gasteiger partial charge in [0, 0.05) is 50.8 Å². The molecule has 1 aliphatic carbocycles. The van der Waals surface area contributed by atoms with Crippen molar-refractivity contribution < 1.29 is 0 Å². The van der Waals surface area contributed by atoms with Gasteiger partial charge < -0.3 is 14.7 Å². The van der Waals surface area contributed by atoms with Crippen molar-refractivity contribution >= 4 is 68.6 Å². The minimum atomic E-state index is -0.137. The number of nitrogens with zero attached hydrogens (tertiary/aromatic N) is 3. The molecule has 0 spiro atoms. The number of benzene rings is 8. The summed E-state index contributed by atoms with van der Waals surface area (Å²) in [6, 6.07) is 66.1. The first kappa shape index (κ1) is 51.0. The van der Waals surface area contributed by atoms with Crippen LogP contribution in [0, 0.1) is 18.3 Å². The Morgan fingerprint density at radius 1 is 0.455 bits per heavy atom. The number of rotatable bonds is 5. The van der Waals surface area contributed by atoms with E-state index in [1.165, 1.54) is 125 Å². The van der Waals surface area contributed by atoms with E-state index in [9.17, 15) is 0 Å². The lowest BCUT2D eigenvalue weighted by atomic mass is 9.33. The van der Waals surface area contributed by atoms with E-state index in [-0.39, 0.29) is 39.3 Å². The highest BCUT2D eigenvalue weighted by Gasteiger charge is 2.60. The molecule has 0 radical (unpaired) electrons. The van der Waals surface area contributed by atoms with Crippen LogP contribution in [0.15, 0.2) is 170 Å². The van der Waals surface area contributed by atoms with Crippen molar-refractivity contribution in [1.82, 2.24) is 0 Å². The lowest BCUT2D eigenvalue weighted by Gasteiger charge is -2.54. The maximum Gasteiger partial charge on any atom is 0.252 e. The first-order valence-corrected chi connectivity index (χ1v) is 28.7. The van der Waals surface area contributed by atoms with E-state index in [0.29, 0.717) is 5.92 Å². The molecule has 0 saturated heterocycles. The second-order valence-electron chi connectivity index (χ2n) is 28.1. The Hall–Kier alpha value is -6.78. The lowest BCUT2D eigenvalue weighted by molar-refractivity contribution is 0.0786. The van der Waals surface area contributed by atoms with Crippen LogP contribution < -0.4 is 31.1 Å². The lowest BCUT2D eigenvalue weighted by Crippen LogP contribution is -2.61. The Morgan fingerprint density at radius 2 is 0.987 bits per heavy atom. The highest BCUT2D eigenvalue weighted by molar-refractivity contribution is 7.00. The average molecular weight is 1010 g/mol. The molecule has 77 heavy (non-hydrogen) atoms. The van der Waals surface area contributed by atoms with Crippen molar-refractivity contribution in [2.45, 2.75) is 150 Å². The first-order chi connectivity index (χ1) is 36.3. The zero-order valence-electron chi connectivity index (χ0n) is 48.8. The van der Waals surface area contributed by atoms with Crippen molar-refractivity contribution in [3.8, 4) is 22.3 Å². The highest BCUT2D eigenvalue weighted by atomic mass is 15.3. The Labute approximate surface area is 462 Å². The summed E-state index contributed by atoms with van der Waals surface area (Å²) in [5.41, 5.74) is 25.7. The molecule has 0 N–H and O–H groups in total. The first-order valence-electron chi connectivity index (χ1n) is 28.7. The van der Waals surface area contributed by atoms with Crippen LogP contribution in [-0.4, -0.2) is 12.3 Å². The van der Waals surface area contributed by atoms with Crippen molar-refractivity contribution in [2.24, 2.45) is 11.3 Å². The normalized spacial score (nSPS) is 19.9. The number of hydrogen-bond acceptors (Lipinski definition) is 3. The molecule has 4 heteroatoms. The second kappa shape index (κ2) is 17.6. The molecule has 12 rings (SSSR count). The van der Waals surface area contributed by atoms with Crippen LogP contribution in [0.4, 0.5) is 45.5 Å². The monoisotopic (exact) mass is 1010 g/mol. The van der Waals surface area contributed by atoms with E-state index in [1.807, 2.05) is 0 Å². The molecule has 3 heterocycles. The predicted octanol–water partition coefficient (Wildman–Crippen LogP) is 18.3. The standard InChI is InChI=1S/C73H80BN3/c1-47-40-65-67-66(41-47)76(61-36-29-52(69(5,6)7)43-57(61)49-24-20-17-21-25-49)63-42-50(48-22-18-16-19-23-48)26-34-59(63)74(67)60-35-33-56(45-64(60)75(65)55-31-27-51(28-32-55)68(2,3)4)77-62-37-30-53(70(8,9)10)44-58(62)72(14)46-54(71(11,12)13)38-39-73(72,77)15/h16-37,40-45,54H,38-39,46H2,1-15H3. The van der Waals surface area contributed by atoms with Crippen LogP contribution in [0.2, 0.25) is 0 Å². The minimum Gasteiger partial charge on any atom is -0.334 e. The summed E-state index contributed by atoms with van der Waals surface area (Å²) in [4.78, 5) is 8.07. The van der Waals surface area contributed by atoms with E-state index < -0.39 is 0 Å². The number of hydrogen-bond donors (Lipinski definition) is 0. The SMILES string of the molecule is Cc1cc2c3c(c1)N(c1ccc(C(C)(C)C)cc1-c1ccccc1)c1cc(-c4ccccc4)ccc1B3c1ccc(N3c4ccc(C(C)(C)C)cc4C4(C)CC(C(C)(C)C)CCC34C)cc1N2c1ccc(C(C)(C)C)cc1. The fourth-order valence-corrected chi connectivity index (χ4v) is 14.1. The molecule has 1 saturated carbocycles. The van der Waals surface area contributed by atoms with Gasteiger partial charge in [-0.05, 0) is 182 Å². The maximum absolute atomic E-state index is 2.81. The van der Waals surface area contributed by atoms with Gasteiger partial charge >= 0.3 is 0 Å². The third-order valence-electron chi connectivity index (χ3n) is 19.0. The number of anilines is 8. The van der Waals surface area contributed by atoms with Gasteiger partial charge in [0.1, 0.15) is 0 Å². The third kappa shape index (κ3) is 8.21. The largest absolute Gasteiger partial charge is 0.334 e. The zero-order valence-corrected chi connectivity index (χ0v) is 48.8. The predicted molar refractivity (Wildman–Crippen MR) is 333 cm³/mol. The van der Waals surface area contributed by atoms with E-state index in [0.717, 1.165) is 6.42 Å². The van der Waals surface area contributed by atoms with Gasteiger partial charge in [-0.2, -0.15) is 0 Å². The van der Waals surface area contributed by atoms with E-state index in [4.69, 9.17) is 0 Å². The van der Waals surface area contributed by atoms with Crippen molar-refractivity contribution in [2.75, 3.05) is 14.7 Å². The summed E-state index contributed by atoms with van der Waals surface area (Å²) < 4.78 is 0. The van der Waals surface area contributed by atoms with E-state index in [1.54, 1.807) is 0 Å². The van der Waals surface area contributed by atoms with Gasteiger partial charge in [0.2, 0.25) is 0 Å². The molecular formula is C73H80BN3. The molecule has 3 nitrogen and oxygen atoms in total. The molecule has 1 fully saturated rings. The Kier molecular flexibility index (Phi) is 11.7. The summed E-state index contributed by atoms with van der Waals surface area (Å²) in [6.07, 6.45) is 3.51. The molecule has 390 valence electrons. The number of fused-ring (bicyclic) bond motifs is 7. The number of aryl methyl sites for hydroxylation is 1. The van der Waals surface area contributed by atoms with Gasteiger partial charge in [0.15, 0.2) is 0 Å². The topological polar surface area (TPSA) is 9.72 Å². The van der Waals surface area contributed by atoms with Crippen LogP contribution in [0.5, 0.6) is 0 Å². The molecule has 0 bridgehead atoms.